The average molecular weight is 479 g/mol. The van der Waals surface area contributed by atoms with Crippen LogP contribution >= 0.6 is 0 Å². The van der Waals surface area contributed by atoms with Gasteiger partial charge in [0.2, 0.25) is 0 Å². The lowest BCUT2D eigenvalue weighted by atomic mass is 10.1. The lowest BCUT2D eigenvalue weighted by molar-refractivity contribution is 0.0845. The summed E-state index contributed by atoms with van der Waals surface area (Å²) in [6.07, 6.45) is 0.605. The number of nitrogens with one attached hydrogen (secondary N) is 1. The van der Waals surface area contributed by atoms with E-state index in [9.17, 15) is 18.0 Å². The first kappa shape index (κ1) is 23.5. The van der Waals surface area contributed by atoms with Gasteiger partial charge in [0.05, 0.1) is 5.56 Å². The number of amides is 2. The first-order chi connectivity index (χ1) is 16.3. The molecule has 3 aromatic carbocycles. The van der Waals surface area contributed by atoms with Crippen molar-refractivity contribution in [3.8, 4) is 5.75 Å². The number of sulfonamides is 1. The van der Waals surface area contributed by atoms with Crippen LogP contribution in [0.3, 0.4) is 0 Å². The predicted octanol–water partition coefficient (Wildman–Crippen LogP) is 3.79. The van der Waals surface area contributed by atoms with E-state index in [1.165, 1.54) is 18.2 Å². The van der Waals surface area contributed by atoms with E-state index < -0.39 is 27.9 Å². The Hall–Kier alpha value is -3.65. The van der Waals surface area contributed by atoms with Gasteiger partial charge in [-0.3, -0.25) is 9.59 Å². The van der Waals surface area contributed by atoms with E-state index in [0.29, 0.717) is 19.6 Å². The maximum Gasteiger partial charge on any atom is 0.269 e. The fraction of sp³-hybridized carbons (Fsp3) is 0.231. The third-order valence-electron chi connectivity index (χ3n) is 5.55. The minimum absolute atomic E-state index is 0.0971. The van der Waals surface area contributed by atoms with Crippen molar-refractivity contribution in [1.82, 2.24) is 9.62 Å². The van der Waals surface area contributed by atoms with E-state index in [0.717, 1.165) is 21.2 Å². The Morgan fingerprint density at radius 2 is 1.68 bits per heavy atom. The number of hydrogen-bond acceptors (Lipinski definition) is 5. The zero-order valence-electron chi connectivity index (χ0n) is 19.0. The van der Waals surface area contributed by atoms with Gasteiger partial charge in [-0.1, -0.05) is 42.5 Å². The van der Waals surface area contributed by atoms with Gasteiger partial charge < -0.3 is 10.1 Å². The molecule has 0 aliphatic carbocycles. The van der Waals surface area contributed by atoms with E-state index >= 15 is 0 Å². The molecule has 1 aliphatic rings. The summed E-state index contributed by atoms with van der Waals surface area (Å²) in [6.45, 7) is 4.14. The fourth-order valence-corrected chi connectivity index (χ4v) is 5.61. The summed E-state index contributed by atoms with van der Waals surface area (Å²) in [6, 6.07) is 21.2. The van der Waals surface area contributed by atoms with E-state index in [1.54, 1.807) is 13.8 Å². The van der Waals surface area contributed by atoms with Gasteiger partial charge in [0.1, 0.15) is 17.3 Å². The number of fused-ring (bicyclic) bond motifs is 1. The molecule has 2 amide bonds. The Balaban J connectivity index is 1.33. The molecule has 176 valence electrons. The lowest BCUT2D eigenvalue weighted by Crippen LogP contribution is -2.36. The predicted molar refractivity (Wildman–Crippen MR) is 128 cm³/mol. The molecular weight excluding hydrogens is 452 g/mol. The summed E-state index contributed by atoms with van der Waals surface area (Å²) in [5.74, 6) is -0.189. The molecule has 8 heteroatoms. The molecule has 0 unspecified atom stereocenters. The highest BCUT2D eigenvalue weighted by Gasteiger charge is 2.42. The second kappa shape index (κ2) is 9.69. The van der Waals surface area contributed by atoms with Crippen molar-refractivity contribution in [2.45, 2.75) is 37.8 Å². The minimum Gasteiger partial charge on any atom is -0.489 e. The molecule has 0 radical (unpaired) electrons. The van der Waals surface area contributed by atoms with Gasteiger partial charge in [0.25, 0.3) is 21.8 Å². The highest BCUT2D eigenvalue weighted by molar-refractivity contribution is 7.90. The molecule has 34 heavy (non-hydrogen) atoms. The highest BCUT2D eigenvalue weighted by atomic mass is 32.2. The van der Waals surface area contributed by atoms with Crippen LogP contribution in [0, 0.1) is 0 Å². The maximum absolute atomic E-state index is 12.7. The SMILES string of the molecule is CC(C)N1C(=O)c2ccc(C(=O)NCCc3ccc(OCc4ccccc4)cc3)cc2S1(=O)=O. The molecule has 1 N–H and O–H groups in total. The molecular formula is C26H26N2O5S. The van der Waals surface area contributed by atoms with Gasteiger partial charge in [-0.2, -0.15) is 0 Å². The van der Waals surface area contributed by atoms with E-state index in [4.69, 9.17) is 4.74 Å². The van der Waals surface area contributed by atoms with Crippen molar-refractivity contribution in [3.63, 3.8) is 0 Å². The van der Waals surface area contributed by atoms with Crippen LogP contribution in [0.2, 0.25) is 0 Å². The normalized spacial score (nSPS) is 14.2. The minimum atomic E-state index is -3.95. The summed E-state index contributed by atoms with van der Waals surface area (Å²) in [7, 11) is -3.95. The second-order valence-electron chi connectivity index (χ2n) is 8.33. The number of carbonyl (C=O) groups excluding carboxylic acids is 2. The molecule has 1 aliphatic heterocycles. The molecule has 1 heterocycles. The number of nitrogens with zero attached hydrogens (tertiary/aromatic N) is 1. The van der Waals surface area contributed by atoms with Crippen LogP contribution in [0.25, 0.3) is 0 Å². The Morgan fingerprint density at radius 3 is 2.35 bits per heavy atom. The fourth-order valence-electron chi connectivity index (χ4n) is 3.82. The molecule has 0 bridgehead atoms. The van der Waals surface area contributed by atoms with Gasteiger partial charge in [-0.05, 0) is 61.7 Å². The van der Waals surface area contributed by atoms with Crippen LogP contribution in [0.4, 0.5) is 0 Å². The van der Waals surface area contributed by atoms with E-state index in [2.05, 4.69) is 5.32 Å². The average Bonchev–Trinajstić information content (AvgIpc) is 3.03. The van der Waals surface area contributed by atoms with Crippen LogP contribution in [-0.4, -0.2) is 37.1 Å². The van der Waals surface area contributed by atoms with Gasteiger partial charge in [-0.25, -0.2) is 12.7 Å². The summed E-state index contributed by atoms with van der Waals surface area (Å²) in [4.78, 5) is 24.9. The smallest absolute Gasteiger partial charge is 0.269 e. The van der Waals surface area contributed by atoms with Crippen LogP contribution in [0.5, 0.6) is 5.75 Å². The number of ether oxygens (including phenoxy) is 1. The number of benzene rings is 3. The van der Waals surface area contributed by atoms with Crippen LogP contribution in [0.1, 0.15) is 45.7 Å². The quantitative estimate of drug-likeness (QED) is 0.532. The van der Waals surface area contributed by atoms with Crippen molar-refractivity contribution in [3.05, 3.63) is 95.1 Å². The Bertz CT molecular complexity index is 1300. The second-order valence-corrected chi connectivity index (χ2v) is 10.1. The zero-order valence-corrected chi connectivity index (χ0v) is 19.8. The van der Waals surface area contributed by atoms with Crippen LogP contribution in [-0.2, 0) is 23.1 Å². The standard InChI is InChI=1S/C26H26N2O5S/c1-18(2)28-26(30)23-13-10-21(16-24(23)34(28,31)32)25(29)27-15-14-19-8-11-22(12-9-19)33-17-20-6-4-3-5-7-20/h3-13,16,18H,14-15,17H2,1-2H3,(H,27,29). The van der Waals surface area contributed by atoms with Gasteiger partial charge in [0.15, 0.2) is 0 Å². The molecule has 0 aromatic heterocycles. The summed E-state index contributed by atoms with van der Waals surface area (Å²) in [5.41, 5.74) is 2.42. The Morgan fingerprint density at radius 1 is 0.971 bits per heavy atom. The third kappa shape index (κ3) is 4.82. The van der Waals surface area contributed by atoms with Crippen molar-refractivity contribution < 1.29 is 22.7 Å². The first-order valence-corrected chi connectivity index (χ1v) is 12.5. The van der Waals surface area contributed by atoms with E-state index in [-0.39, 0.29) is 16.0 Å². The topological polar surface area (TPSA) is 92.8 Å². The molecule has 4 rings (SSSR count). The van der Waals surface area contributed by atoms with Gasteiger partial charge in [0, 0.05) is 18.2 Å². The maximum atomic E-state index is 12.7. The zero-order chi connectivity index (χ0) is 24.3. The summed E-state index contributed by atoms with van der Waals surface area (Å²) < 4.78 is 32.1. The highest BCUT2D eigenvalue weighted by Crippen LogP contribution is 2.32. The number of carbonyl (C=O) groups is 2. The largest absolute Gasteiger partial charge is 0.489 e. The molecule has 7 nitrogen and oxygen atoms in total. The Kier molecular flexibility index (Phi) is 6.70. The lowest BCUT2D eigenvalue weighted by Gasteiger charge is -2.18. The molecule has 0 saturated carbocycles. The van der Waals surface area contributed by atoms with Gasteiger partial charge >= 0.3 is 0 Å². The van der Waals surface area contributed by atoms with Crippen molar-refractivity contribution >= 4 is 21.8 Å². The molecule has 0 spiro atoms. The molecule has 0 saturated heterocycles. The summed E-state index contributed by atoms with van der Waals surface area (Å²) in [5, 5.41) is 2.81. The molecule has 0 fully saturated rings. The van der Waals surface area contributed by atoms with Crippen molar-refractivity contribution in [1.29, 1.82) is 0 Å². The third-order valence-corrected chi connectivity index (χ3v) is 7.55. The van der Waals surface area contributed by atoms with Crippen molar-refractivity contribution in [2.24, 2.45) is 0 Å². The molecule has 0 atom stereocenters. The van der Waals surface area contributed by atoms with Crippen LogP contribution < -0.4 is 10.1 Å². The molecule has 3 aromatic rings. The van der Waals surface area contributed by atoms with Crippen molar-refractivity contribution in [2.75, 3.05) is 6.54 Å². The van der Waals surface area contributed by atoms with E-state index in [1.807, 2.05) is 54.6 Å². The van der Waals surface area contributed by atoms with Gasteiger partial charge in [-0.15, -0.1) is 0 Å². The monoisotopic (exact) mass is 478 g/mol. The first-order valence-electron chi connectivity index (χ1n) is 11.0. The number of hydrogen-bond donors (Lipinski definition) is 1. The number of rotatable bonds is 8. The van der Waals surface area contributed by atoms with Crippen LogP contribution in [0.15, 0.2) is 77.7 Å². The summed E-state index contributed by atoms with van der Waals surface area (Å²) >= 11 is 0. The Labute approximate surface area is 199 Å².